The van der Waals surface area contributed by atoms with Crippen LogP contribution in [0.2, 0.25) is 0 Å². The molecule has 20 heavy (non-hydrogen) atoms. The topological polar surface area (TPSA) is 46.5 Å². The lowest BCUT2D eigenvalue weighted by Crippen LogP contribution is -2.35. The van der Waals surface area contributed by atoms with Crippen molar-refractivity contribution in [2.45, 2.75) is 0 Å². The molecule has 1 heterocycles. The van der Waals surface area contributed by atoms with E-state index in [0.29, 0.717) is 16.5 Å². The number of para-hydroxylation sites is 1. The number of amides is 1. The highest BCUT2D eigenvalue weighted by Crippen LogP contribution is 2.30. The summed E-state index contributed by atoms with van der Waals surface area (Å²) in [6.45, 7) is 0. The Bertz CT molecular complexity index is 935. The van der Waals surface area contributed by atoms with Crippen molar-refractivity contribution < 1.29 is 9.59 Å². The van der Waals surface area contributed by atoms with E-state index in [9.17, 15) is 9.59 Å². The summed E-state index contributed by atoms with van der Waals surface area (Å²) in [6, 6.07) is 14.9. The maximum absolute atomic E-state index is 12.1. The maximum atomic E-state index is 12.1. The van der Waals surface area contributed by atoms with Crippen molar-refractivity contribution in [1.82, 2.24) is 0 Å². The van der Waals surface area contributed by atoms with Crippen molar-refractivity contribution >= 4 is 17.3 Å². The Hall–Kier alpha value is -2.81. The second-order valence-electron chi connectivity index (χ2n) is 4.78. The number of carbonyl (C=O) groups excluding carboxylic acids is 2. The van der Waals surface area contributed by atoms with Crippen LogP contribution in [0.4, 0.5) is 0 Å². The average molecular weight is 259 g/mol. The minimum absolute atomic E-state index is 0.137. The van der Waals surface area contributed by atoms with E-state index < -0.39 is 0 Å². The molecule has 0 bridgehead atoms. The van der Waals surface area contributed by atoms with E-state index in [1.807, 2.05) is 42.5 Å². The van der Waals surface area contributed by atoms with Gasteiger partial charge < -0.3 is 0 Å². The Balaban J connectivity index is 2.25. The van der Waals surface area contributed by atoms with Gasteiger partial charge in [0, 0.05) is 16.4 Å². The molecular weight excluding hydrogens is 250 g/mol. The first-order valence-corrected chi connectivity index (χ1v) is 6.34. The first kappa shape index (κ1) is 11.1. The van der Waals surface area contributed by atoms with Gasteiger partial charge in [0.2, 0.25) is 0 Å². The Morgan fingerprint density at radius 1 is 0.800 bits per heavy atom. The summed E-state index contributed by atoms with van der Waals surface area (Å²) < 4.78 is 0. The molecule has 3 heteroatoms. The van der Waals surface area contributed by atoms with Crippen LogP contribution >= 0.6 is 0 Å². The summed E-state index contributed by atoms with van der Waals surface area (Å²) in [4.78, 5) is 28.3. The summed E-state index contributed by atoms with van der Waals surface area (Å²) in [5.41, 5.74) is 2.66. The van der Waals surface area contributed by atoms with Gasteiger partial charge in [-0.05, 0) is 17.7 Å². The van der Waals surface area contributed by atoms with Crippen LogP contribution in [-0.2, 0) is 4.79 Å². The fourth-order valence-electron chi connectivity index (χ4n) is 2.75. The number of hydrogen-bond acceptors (Lipinski definition) is 2. The van der Waals surface area contributed by atoms with Crippen molar-refractivity contribution in [3.8, 4) is 0 Å². The number of carbonyl (C=O) groups is 2. The Labute approximate surface area is 114 Å². The van der Waals surface area contributed by atoms with Crippen LogP contribution in [-0.4, -0.2) is 11.7 Å². The zero-order valence-corrected chi connectivity index (χ0v) is 10.5. The second-order valence-corrected chi connectivity index (χ2v) is 4.78. The van der Waals surface area contributed by atoms with Crippen LogP contribution in [0, 0.1) is 0 Å². The molecule has 94 valence electrons. The molecule has 0 fully saturated rings. The predicted molar refractivity (Wildman–Crippen MR) is 73.6 cm³/mol. The molecule has 0 saturated carbocycles. The lowest BCUT2D eigenvalue weighted by Gasteiger charge is -2.20. The standard InChI is InChI=1S/C17H9NO2/c19-15-9-13-16(11-6-2-1-5-10(11)15)12-7-3-4-8-14(12)18-17(13)20/h1-9H. The van der Waals surface area contributed by atoms with Crippen LogP contribution < -0.4 is 10.6 Å². The molecule has 0 radical (unpaired) electrons. The third-order valence-corrected chi connectivity index (χ3v) is 3.63. The monoisotopic (exact) mass is 259 g/mol. The molecule has 2 aliphatic rings. The van der Waals surface area contributed by atoms with Gasteiger partial charge in [0.15, 0.2) is 5.78 Å². The highest BCUT2D eigenvalue weighted by molar-refractivity contribution is 6.23. The van der Waals surface area contributed by atoms with E-state index >= 15 is 0 Å². The van der Waals surface area contributed by atoms with Crippen LogP contribution in [0.3, 0.4) is 0 Å². The highest BCUT2D eigenvalue weighted by Gasteiger charge is 2.28. The third kappa shape index (κ3) is 1.37. The van der Waals surface area contributed by atoms with Crippen molar-refractivity contribution in [3.05, 3.63) is 81.9 Å². The van der Waals surface area contributed by atoms with Crippen LogP contribution in [0.5, 0.6) is 0 Å². The normalized spacial score (nSPS) is 15.8. The van der Waals surface area contributed by atoms with Gasteiger partial charge in [-0.2, -0.15) is 0 Å². The second kappa shape index (κ2) is 3.84. The van der Waals surface area contributed by atoms with Gasteiger partial charge in [-0.1, -0.05) is 42.5 Å². The number of fused-ring (bicyclic) bond motifs is 4. The number of benzene rings is 2. The summed E-state index contributed by atoms with van der Waals surface area (Å²) in [5, 5.41) is 1.56. The van der Waals surface area contributed by atoms with Gasteiger partial charge in [-0.25, -0.2) is 4.99 Å². The fourth-order valence-corrected chi connectivity index (χ4v) is 2.75. The largest absolute Gasteiger partial charge is 0.289 e. The molecule has 3 nitrogen and oxygen atoms in total. The van der Waals surface area contributed by atoms with Gasteiger partial charge in [0.25, 0.3) is 5.91 Å². The van der Waals surface area contributed by atoms with E-state index in [1.165, 1.54) is 6.08 Å². The molecule has 2 aromatic rings. The van der Waals surface area contributed by atoms with E-state index in [4.69, 9.17) is 0 Å². The molecule has 1 aliphatic carbocycles. The molecule has 0 atom stereocenters. The fraction of sp³-hybridized carbons (Fsp3) is 0. The molecule has 0 N–H and O–H groups in total. The Morgan fingerprint density at radius 3 is 2.35 bits per heavy atom. The number of ketones is 1. The SMILES string of the molecule is O=C1N=c2ccccc2=C2C1=CC(=O)c1ccccc12. The van der Waals surface area contributed by atoms with Gasteiger partial charge in [0.05, 0.1) is 10.9 Å². The smallest absolute Gasteiger partial charge is 0.278 e. The van der Waals surface area contributed by atoms with Gasteiger partial charge in [-0.15, -0.1) is 0 Å². The quantitative estimate of drug-likeness (QED) is 0.713. The van der Waals surface area contributed by atoms with Crippen molar-refractivity contribution in [1.29, 1.82) is 0 Å². The number of allylic oxidation sites excluding steroid dienone is 1. The number of hydrogen-bond donors (Lipinski definition) is 0. The molecule has 0 saturated heterocycles. The molecule has 0 aromatic heterocycles. The minimum atomic E-state index is -0.346. The van der Waals surface area contributed by atoms with Crippen LogP contribution in [0.25, 0.3) is 5.57 Å². The first-order valence-electron chi connectivity index (χ1n) is 6.34. The average Bonchev–Trinajstić information content (AvgIpc) is 2.48. The van der Waals surface area contributed by atoms with Crippen molar-refractivity contribution in [2.75, 3.05) is 0 Å². The first-order chi connectivity index (χ1) is 9.75. The third-order valence-electron chi connectivity index (χ3n) is 3.63. The van der Waals surface area contributed by atoms with Gasteiger partial charge in [-0.3, -0.25) is 9.59 Å². The lowest BCUT2D eigenvalue weighted by atomic mass is 9.83. The van der Waals surface area contributed by atoms with E-state index in [1.54, 1.807) is 6.07 Å². The molecule has 4 rings (SSSR count). The summed E-state index contributed by atoms with van der Waals surface area (Å²) in [7, 11) is 0. The predicted octanol–water partition coefficient (Wildman–Crippen LogP) is 1.17. The zero-order valence-electron chi connectivity index (χ0n) is 10.5. The highest BCUT2D eigenvalue weighted by atomic mass is 16.1. The van der Waals surface area contributed by atoms with Gasteiger partial charge >= 0.3 is 0 Å². The van der Waals surface area contributed by atoms with Gasteiger partial charge in [0.1, 0.15) is 0 Å². The molecule has 1 aliphatic heterocycles. The van der Waals surface area contributed by atoms with E-state index in [-0.39, 0.29) is 11.7 Å². The summed E-state index contributed by atoms with van der Waals surface area (Å²) >= 11 is 0. The van der Waals surface area contributed by atoms with Crippen LogP contribution in [0.1, 0.15) is 15.9 Å². The van der Waals surface area contributed by atoms with Crippen LogP contribution in [0.15, 0.2) is 65.2 Å². The zero-order chi connectivity index (χ0) is 13.7. The van der Waals surface area contributed by atoms with E-state index in [0.717, 1.165) is 16.4 Å². The summed E-state index contributed by atoms with van der Waals surface area (Å²) in [5.74, 6) is -0.483. The van der Waals surface area contributed by atoms with Crippen molar-refractivity contribution in [2.24, 2.45) is 4.99 Å². The maximum Gasteiger partial charge on any atom is 0.278 e. The summed E-state index contributed by atoms with van der Waals surface area (Å²) in [6.07, 6.45) is 1.40. The molecule has 1 amide bonds. The Kier molecular flexibility index (Phi) is 2.12. The Morgan fingerprint density at radius 2 is 1.50 bits per heavy atom. The van der Waals surface area contributed by atoms with Crippen molar-refractivity contribution in [3.63, 3.8) is 0 Å². The number of rotatable bonds is 0. The number of nitrogens with zero attached hydrogens (tertiary/aromatic N) is 1. The lowest BCUT2D eigenvalue weighted by molar-refractivity contribution is -0.114. The molecule has 0 spiro atoms. The minimum Gasteiger partial charge on any atom is -0.289 e. The molecule has 2 aromatic carbocycles. The van der Waals surface area contributed by atoms with E-state index in [2.05, 4.69) is 4.99 Å². The molecule has 0 unspecified atom stereocenters. The molecular formula is C17H9NO2.